The average Bonchev–Trinajstić information content (AvgIpc) is 3.34. The number of benzene rings is 1. The Kier molecular flexibility index (Phi) is 4.84. The Morgan fingerprint density at radius 1 is 1.26 bits per heavy atom. The fourth-order valence-corrected chi connectivity index (χ4v) is 3.58. The SMILES string of the molecule is O=C1C=C(c2ccccc2)N2C(SCC(=O)NCc3ccco3)=NNC2N1. The number of rotatable bonds is 5. The van der Waals surface area contributed by atoms with Crippen LogP contribution in [-0.2, 0) is 16.1 Å². The Balaban J connectivity index is 1.42. The molecule has 3 N–H and O–H groups in total. The van der Waals surface area contributed by atoms with Crippen LogP contribution >= 0.6 is 11.8 Å². The van der Waals surface area contributed by atoms with E-state index in [2.05, 4.69) is 21.2 Å². The van der Waals surface area contributed by atoms with Gasteiger partial charge < -0.3 is 15.1 Å². The highest BCUT2D eigenvalue weighted by Gasteiger charge is 2.36. The van der Waals surface area contributed by atoms with Crippen LogP contribution in [0.25, 0.3) is 5.70 Å². The predicted octanol–water partition coefficient (Wildman–Crippen LogP) is 1.26. The molecular weight excluding hydrogens is 366 g/mol. The van der Waals surface area contributed by atoms with E-state index in [0.717, 1.165) is 11.3 Å². The van der Waals surface area contributed by atoms with Gasteiger partial charge in [-0.15, -0.1) is 0 Å². The second kappa shape index (κ2) is 7.58. The quantitative estimate of drug-likeness (QED) is 0.719. The van der Waals surface area contributed by atoms with Crippen LogP contribution in [0.5, 0.6) is 0 Å². The number of hydrazone groups is 1. The first kappa shape index (κ1) is 17.2. The van der Waals surface area contributed by atoms with Crippen molar-refractivity contribution in [3.63, 3.8) is 0 Å². The standard InChI is InChI=1S/C18H17N5O3S/c24-15-9-14(12-5-2-1-3-6-12)23-17(20-15)21-22-18(23)27-11-16(25)19-10-13-7-4-8-26-13/h1-9,17,21H,10-11H2,(H,19,25)(H,20,24). The number of carbonyl (C=O) groups is 2. The van der Waals surface area contributed by atoms with Crippen LogP contribution in [0.2, 0.25) is 0 Å². The Bertz CT molecular complexity index is 895. The number of nitrogens with one attached hydrogen (secondary N) is 3. The fourth-order valence-electron chi connectivity index (χ4n) is 2.76. The molecule has 0 saturated carbocycles. The molecule has 0 saturated heterocycles. The van der Waals surface area contributed by atoms with Gasteiger partial charge in [-0.2, -0.15) is 5.10 Å². The van der Waals surface area contributed by atoms with Crippen LogP contribution in [0.3, 0.4) is 0 Å². The predicted molar refractivity (Wildman–Crippen MR) is 102 cm³/mol. The second-order valence-corrected chi connectivity index (χ2v) is 6.79. The maximum absolute atomic E-state index is 12.1. The van der Waals surface area contributed by atoms with E-state index < -0.39 is 6.29 Å². The summed E-state index contributed by atoms with van der Waals surface area (Å²) in [5.74, 6) is 0.566. The summed E-state index contributed by atoms with van der Waals surface area (Å²) < 4.78 is 5.19. The monoisotopic (exact) mass is 383 g/mol. The lowest BCUT2D eigenvalue weighted by atomic mass is 10.1. The minimum Gasteiger partial charge on any atom is -0.467 e. The number of hydrogen-bond donors (Lipinski definition) is 3. The summed E-state index contributed by atoms with van der Waals surface area (Å²) in [5, 5.41) is 10.5. The number of amides is 2. The third kappa shape index (κ3) is 3.82. The maximum Gasteiger partial charge on any atom is 0.249 e. The van der Waals surface area contributed by atoms with Crippen LogP contribution < -0.4 is 16.1 Å². The Hall–Kier alpha value is -3.20. The van der Waals surface area contributed by atoms with E-state index in [9.17, 15) is 9.59 Å². The van der Waals surface area contributed by atoms with Crippen molar-refractivity contribution in [1.82, 2.24) is 21.0 Å². The third-order valence-corrected chi connectivity index (χ3v) is 4.95. The number of nitrogens with zero attached hydrogens (tertiary/aromatic N) is 2. The van der Waals surface area contributed by atoms with Crippen molar-refractivity contribution < 1.29 is 14.0 Å². The van der Waals surface area contributed by atoms with Gasteiger partial charge in [0.05, 0.1) is 24.3 Å². The highest BCUT2D eigenvalue weighted by Crippen LogP contribution is 2.29. The molecule has 138 valence electrons. The molecule has 0 aliphatic carbocycles. The zero-order valence-electron chi connectivity index (χ0n) is 14.2. The molecule has 9 heteroatoms. The van der Waals surface area contributed by atoms with E-state index >= 15 is 0 Å². The van der Waals surface area contributed by atoms with Crippen molar-refractivity contribution in [3.05, 3.63) is 66.1 Å². The summed E-state index contributed by atoms with van der Waals surface area (Å²) in [6.07, 6.45) is 2.63. The average molecular weight is 383 g/mol. The second-order valence-electron chi connectivity index (χ2n) is 5.84. The normalized spacial score (nSPS) is 18.1. The van der Waals surface area contributed by atoms with Gasteiger partial charge in [-0.1, -0.05) is 42.1 Å². The first-order valence-electron chi connectivity index (χ1n) is 8.32. The summed E-state index contributed by atoms with van der Waals surface area (Å²) in [5.41, 5.74) is 4.52. The van der Waals surface area contributed by atoms with Crippen molar-refractivity contribution in [2.24, 2.45) is 5.10 Å². The first-order chi connectivity index (χ1) is 13.2. The van der Waals surface area contributed by atoms with Gasteiger partial charge in [-0.05, 0) is 17.7 Å². The fraction of sp³-hybridized carbons (Fsp3) is 0.167. The molecule has 0 spiro atoms. The van der Waals surface area contributed by atoms with Crippen LogP contribution in [0.15, 0.2) is 64.3 Å². The van der Waals surface area contributed by atoms with E-state index in [0.29, 0.717) is 17.5 Å². The number of hydrogen-bond acceptors (Lipinski definition) is 7. The summed E-state index contributed by atoms with van der Waals surface area (Å²) in [4.78, 5) is 26.0. The zero-order valence-corrected chi connectivity index (χ0v) is 15.0. The Morgan fingerprint density at radius 3 is 2.89 bits per heavy atom. The molecule has 2 aliphatic heterocycles. The van der Waals surface area contributed by atoms with Crippen molar-refractivity contribution in [2.75, 3.05) is 5.75 Å². The molecule has 1 unspecified atom stereocenters. The molecule has 1 aromatic carbocycles. The van der Waals surface area contributed by atoms with Crippen molar-refractivity contribution in [2.45, 2.75) is 12.8 Å². The van der Waals surface area contributed by atoms with E-state index in [-0.39, 0.29) is 17.6 Å². The van der Waals surface area contributed by atoms with Gasteiger partial charge in [0, 0.05) is 6.08 Å². The van der Waals surface area contributed by atoms with Crippen LogP contribution in [-0.4, -0.2) is 33.9 Å². The molecule has 1 aromatic heterocycles. The minimum atomic E-state index is -0.466. The van der Waals surface area contributed by atoms with E-state index in [4.69, 9.17) is 4.42 Å². The molecule has 1 atom stereocenters. The van der Waals surface area contributed by atoms with Crippen LogP contribution in [0.4, 0.5) is 0 Å². The van der Waals surface area contributed by atoms with E-state index in [1.54, 1.807) is 18.4 Å². The van der Waals surface area contributed by atoms with Gasteiger partial charge in [-0.25, -0.2) is 0 Å². The summed E-state index contributed by atoms with van der Waals surface area (Å²) in [6, 6.07) is 13.2. The van der Waals surface area contributed by atoms with Gasteiger partial charge in [0.15, 0.2) is 11.5 Å². The lowest BCUT2D eigenvalue weighted by Gasteiger charge is -2.32. The number of thioether (sulfide) groups is 1. The number of furan rings is 1. The topological polar surface area (TPSA) is 99.0 Å². The maximum atomic E-state index is 12.1. The lowest BCUT2D eigenvalue weighted by molar-refractivity contribution is -0.119. The van der Waals surface area contributed by atoms with Crippen molar-refractivity contribution in [1.29, 1.82) is 0 Å². The molecule has 0 fully saturated rings. The molecule has 8 nitrogen and oxygen atoms in total. The summed E-state index contributed by atoms with van der Waals surface area (Å²) in [6.45, 7) is 0.342. The van der Waals surface area contributed by atoms with Crippen LogP contribution in [0.1, 0.15) is 11.3 Å². The molecular formula is C18H17N5O3S. The Morgan fingerprint density at radius 2 is 2.11 bits per heavy atom. The molecule has 0 radical (unpaired) electrons. The Labute approximate surface area is 159 Å². The highest BCUT2D eigenvalue weighted by atomic mass is 32.2. The zero-order chi connectivity index (χ0) is 18.6. The van der Waals surface area contributed by atoms with E-state index in [1.165, 1.54) is 17.8 Å². The van der Waals surface area contributed by atoms with Gasteiger partial charge in [0.2, 0.25) is 11.8 Å². The molecule has 27 heavy (non-hydrogen) atoms. The number of fused-ring (bicyclic) bond motifs is 1. The number of carbonyl (C=O) groups excluding carboxylic acids is 2. The summed E-state index contributed by atoms with van der Waals surface area (Å²) in [7, 11) is 0. The molecule has 3 heterocycles. The molecule has 0 bridgehead atoms. The van der Waals surface area contributed by atoms with Gasteiger partial charge in [0.25, 0.3) is 0 Å². The largest absolute Gasteiger partial charge is 0.467 e. The van der Waals surface area contributed by atoms with Crippen molar-refractivity contribution >= 4 is 34.4 Å². The third-order valence-electron chi connectivity index (χ3n) is 3.99. The highest BCUT2D eigenvalue weighted by molar-refractivity contribution is 8.14. The molecule has 2 amide bonds. The molecule has 4 rings (SSSR count). The van der Waals surface area contributed by atoms with Crippen molar-refractivity contribution in [3.8, 4) is 0 Å². The lowest BCUT2D eigenvalue weighted by Crippen LogP contribution is -2.54. The van der Waals surface area contributed by atoms with Gasteiger partial charge in [0.1, 0.15) is 5.76 Å². The van der Waals surface area contributed by atoms with E-state index in [1.807, 2.05) is 35.2 Å². The summed E-state index contributed by atoms with van der Waals surface area (Å²) >= 11 is 1.29. The van der Waals surface area contributed by atoms with Gasteiger partial charge in [-0.3, -0.25) is 19.9 Å². The van der Waals surface area contributed by atoms with Crippen LogP contribution in [0, 0.1) is 0 Å². The molecule has 2 aliphatic rings. The number of amidine groups is 1. The molecule has 2 aromatic rings. The first-order valence-corrected chi connectivity index (χ1v) is 9.31. The smallest absolute Gasteiger partial charge is 0.249 e. The minimum absolute atomic E-state index is 0.131. The van der Waals surface area contributed by atoms with Gasteiger partial charge >= 0.3 is 0 Å².